The van der Waals surface area contributed by atoms with E-state index in [1.54, 1.807) is 0 Å². The van der Waals surface area contributed by atoms with Crippen LogP contribution in [0, 0.1) is 12.3 Å². The van der Waals surface area contributed by atoms with Crippen LogP contribution in [0.2, 0.25) is 0 Å². The Balaban J connectivity index is 1.92. The van der Waals surface area contributed by atoms with Gasteiger partial charge in [-0.1, -0.05) is 0 Å². The van der Waals surface area contributed by atoms with Crippen LogP contribution in [0.3, 0.4) is 0 Å². The van der Waals surface area contributed by atoms with Gasteiger partial charge in [0, 0.05) is 24.3 Å². The molecule has 0 amide bonds. The van der Waals surface area contributed by atoms with Crippen molar-refractivity contribution in [3.63, 3.8) is 0 Å². The van der Waals surface area contributed by atoms with E-state index in [1.807, 2.05) is 13.8 Å². The molecule has 0 spiro atoms. The van der Waals surface area contributed by atoms with E-state index in [0.717, 1.165) is 37.4 Å². The van der Waals surface area contributed by atoms with Crippen molar-refractivity contribution in [2.24, 2.45) is 5.41 Å². The first-order chi connectivity index (χ1) is 10.0. The maximum atomic E-state index is 12.0. The third-order valence-electron chi connectivity index (χ3n) is 4.72. The lowest BCUT2D eigenvalue weighted by molar-refractivity contribution is -0.150. The number of hydrogen-bond acceptors (Lipinski definition) is 5. The van der Waals surface area contributed by atoms with Crippen molar-refractivity contribution in [3.8, 4) is 0 Å². The smallest absolute Gasteiger partial charge is 0.313 e. The van der Waals surface area contributed by atoms with Gasteiger partial charge in [-0.15, -0.1) is 0 Å². The van der Waals surface area contributed by atoms with Crippen molar-refractivity contribution >= 4 is 11.8 Å². The molecule has 0 bridgehead atoms. The van der Waals surface area contributed by atoms with E-state index in [4.69, 9.17) is 4.74 Å². The first-order valence-corrected chi connectivity index (χ1v) is 7.73. The minimum atomic E-state index is -0.421. The summed E-state index contributed by atoms with van der Waals surface area (Å²) in [6, 6.07) is 0. The molecule has 5 nitrogen and oxygen atoms in total. The number of carbonyl (C=O) groups excluding carboxylic acids is 1. The predicted octanol–water partition coefficient (Wildman–Crippen LogP) is 2.05. The Morgan fingerprint density at radius 2 is 2.05 bits per heavy atom. The molecule has 1 aromatic heterocycles. The fraction of sp³-hybridized carbons (Fsp3) is 0.688. The van der Waals surface area contributed by atoms with Gasteiger partial charge in [-0.05, 0) is 46.0 Å². The fourth-order valence-electron chi connectivity index (χ4n) is 3.51. The molecule has 0 N–H and O–H groups in total. The topological polar surface area (TPSA) is 55.3 Å². The summed E-state index contributed by atoms with van der Waals surface area (Å²) in [5.74, 6) is 1.76. The molecule has 3 rings (SSSR count). The summed E-state index contributed by atoms with van der Waals surface area (Å²) in [6.07, 6.45) is 5.33. The largest absolute Gasteiger partial charge is 0.469 e. The number of hydrogen-bond donors (Lipinski definition) is 0. The number of ether oxygens (including phenoxy) is 1. The van der Waals surface area contributed by atoms with E-state index in [2.05, 4.69) is 14.9 Å². The van der Waals surface area contributed by atoms with Crippen LogP contribution in [0.5, 0.6) is 0 Å². The maximum absolute atomic E-state index is 12.0. The highest BCUT2D eigenvalue weighted by Crippen LogP contribution is 2.36. The van der Waals surface area contributed by atoms with Crippen molar-refractivity contribution < 1.29 is 9.53 Å². The molecule has 2 heterocycles. The zero-order valence-corrected chi connectivity index (χ0v) is 13.1. The Morgan fingerprint density at radius 3 is 2.81 bits per heavy atom. The van der Waals surface area contributed by atoms with E-state index < -0.39 is 5.41 Å². The molecule has 0 aromatic carbocycles. The van der Waals surface area contributed by atoms with Gasteiger partial charge in [0.05, 0.1) is 12.5 Å². The van der Waals surface area contributed by atoms with Crippen molar-refractivity contribution in [1.29, 1.82) is 0 Å². The number of methoxy groups -OCH3 is 1. The lowest BCUT2D eigenvalue weighted by Gasteiger charge is -2.26. The normalized spacial score (nSPS) is 24.8. The van der Waals surface area contributed by atoms with Gasteiger partial charge in [0.2, 0.25) is 0 Å². The molecule has 1 atom stereocenters. The average Bonchev–Trinajstić information content (AvgIpc) is 2.89. The van der Waals surface area contributed by atoms with Crippen LogP contribution < -0.4 is 4.90 Å². The quantitative estimate of drug-likeness (QED) is 0.780. The van der Waals surface area contributed by atoms with Crippen molar-refractivity contribution in [3.05, 3.63) is 17.1 Å². The molecular weight excluding hydrogens is 266 g/mol. The van der Waals surface area contributed by atoms with Crippen LogP contribution in [-0.2, 0) is 22.4 Å². The predicted molar refractivity (Wildman–Crippen MR) is 80.4 cm³/mol. The first-order valence-electron chi connectivity index (χ1n) is 7.73. The lowest BCUT2D eigenvalue weighted by Crippen LogP contribution is -2.34. The molecule has 1 unspecified atom stereocenters. The highest BCUT2D eigenvalue weighted by Gasteiger charge is 2.42. The Morgan fingerprint density at radius 1 is 1.29 bits per heavy atom. The van der Waals surface area contributed by atoms with Gasteiger partial charge in [0.25, 0.3) is 0 Å². The van der Waals surface area contributed by atoms with Gasteiger partial charge in [-0.3, -0.25) is 4.79 Å². The van der Waals surface area contributed by atoms with Gasteiger partial charge in [0.15, 0.2) is 0 Å². The Kier molecular flexibility index (Phi) is 3.59. The van der Waals surface area contributed by atoms with E-state index in [-0.39, 0.29) is 5.97 Å². The number of esters is 1. The third kappa shape index (κ3) is 2.49. The standard InChI is InChI=1S/C16H23N3O2/c1-11-17-13-7-5-4-6-12(13)14(18-11)19-9-8-16(2,10-19)15(20)21-3/h4-10H2,1-3H3. The molecule has 1 aromatic rings. The summed E-state index contributed by atoms with van der Waals surface area (Å²) in [7, 11) is 1.47. The fourth-order valence-corrected chi connectivity index (χ4v) is 3.51. The van der Waals surface area contributed by atoms with Gasteiger partial charge < -0.3 is 9.64 Å². The molecule has 5 heteroatoms. The minimum Gasteiger partial charge on any atom is -0.469 e. The highest BCUT2D eigenvalue weighted by molar-refractivity contribution is 5.78. The molecule has 0 saturated carbocycles. The summed E-state index contributed by atoms with van der Waals surface area (Å²) in [5, 5.41) is 0. The molecule has 1 aliphatic heterocycles. The molecule has 0 radical (unpaired) electrons. The van der Waals surface area contributed by atoms with E-state index in [0.29, 0.717) is 6.54 Å². The molecular formula is C16H23N3O2. The third-order valence-corrected chi connectivity index (χ3v) is 4.72. The van der Waals surface area contributed by atoms with Crippen LogP contribution in [0.1, 0.15) is 43.3 Å². The molecule has 1 saturated heterocycles. The summed E-state index contributed by atoms with van der Waals surface area (Å²) in [6.45, 7) is 5.48. The van der Waals surface area contributed by atoms with E-state index in [9.17, 15) is 4.79 Å². The summed E-state index contributed by atoms with van der Waals surface area (Å²) in [5.41, 5.74) is 2.08. The Hall–Kier alpha value is -1.65. The van der Waals surface area contributed by atoms with Crippen LogP contribution >= 0.6 is 0 Å². The maximum Gasteiger partial charge on any atom is 0.313 e. The number of carbonyl (C=O) groups is 1. The number of rotatable bonds is 2. The van der Waals surface area contributed by atoms with Crippen LogP contribution in [0.15, 0.2) is 0 Å². The SMILES string of the molecule is COC(=O)C1(C)CCN(c2nc(C)nc3c2CCCC3)C1. The van der Waals surface area contributed by atoms with Crippen LogP contribution in [0.4, 0.5) is 5.82 Å². The van der Waals surface area contributed by atoms with E-state index in [1.165, 1.54) is 31.2 Å². The number of aryl methyl sites for hydroxylation is 2. The van der Waals surface area contributed by atoms with Gasteiger partial charge in [-0.25, -0.2) is 9.97 Å². The molecule has 21 heavy (non-hydrogen) atoms. The van der Waals surface area contributed by atoms with Crippen molar-refractivity contribution in [2.45, 2.75) is 46.0 Å². The first kappa shape index (κ1) is 14.3. The average molecular weight is 289 g/mol. The zero-order valence-electron chi connectivity index (χ0n) is 13.1. The summed E-state index contributed by atoms with van der Waals surface area (Å²) in [4.78, 5) is 23.5. The molecule has 114 valence electrons. The second kappa shape index (κ2) is 5.28. The van der Waals surface area contributed by atoms with Gasteiger partial charge in [-0.2, -0.15) is 0 Å². The second-order valence-electron chi connectivity index (χ2n) is 6.45. The Bertz CT molecular complexity index is 573. The summed E-state index contributed by atoms with van der Waals surface area (Å²) >= 11 is 0. The highest BCUT2D eigenvalue weighted by atomic mass is 16.5. The molecule has 1 aliphatic carbocycles. The van der Waals surface area contributed by atoms with Crippen molar-refractivity contribution in [1.82, 2.24) is 9.97 Å². The molecule has 1 fully saturated rings. The van der Waals surface area contributed by atoms with Crippen LogP contribution in [0.25, 0.3) is 0 Å². The number of aromatic nitrogens is 2. The van der Waals surface area contributed by atoms with Crippen molar-refractivity contribution in [2.75, 3.05) is 25.1 Å². The monoisotopic (exact) mass is 289 g/mol. The zero-order chi connectivity index (χ0) is 15.0. The number of anilines is 1. The molecule has 2 aliphatic rings. The minimum absolute atomic E-state index is 0.121. The van der Waals surface area contributed by atoms with Crippen LogP contribution in [-0.4, -0.2) is 36.1 Å². The number of fused-ring (bicyclic) bond motifs is 1. The second-order valence-corrected chi connectivity index (χ2v) is 6.45. The lowest BCUT2D eigenvalue weighted by atomic mass is 9.90. The summed E-state index contributed by atoms with van der Waals surface area (Å²) < 4.78 is 4.96. The van der Waals surface area contributed by atoms with Gasteiger partial charge in [0.1, 0.15) is 11.6 Å². The number of nitrogens with zero attached hydrogens (tertiary/aromatic N) is 3. The van der Waals surface area contributed by atoms with E-state index >= 15 is 0 Å². The van der Waals surface area contributed by atoms with Gasteiger partial charge >= 0.3 is 5.97 Å². The Labute approximate surface area is 125 Å².